The number of carboxylic acid groups (broad SMARTS) is 1. The summed E-state index contributed by atoms with van der Waals surface area (Å²) >= 11 is 0. The Labute approximate surface area is 110 Å². The number of carboxylic acids is 1. The zero-order chi connectivity index (χ0) is 14.5. The molecule has 0 saturated heterocycles. The zero-order valence-corrected chi connectivity index (χ0v) is 12.4. The molecule has 0 spiro atoms. The van der Waals surface area contributed by atoms with Gasteiger partial charge in [0.25, 0.3) is 0 Å². The number of carbonyl (C=O) groups excluding carboxylic acids is 1. The molecule has 0 aliphatic heterocycles. The third-order valence-corrected chi connectivity index (χ3v) is 3.23. The Bertz CT molecular complexity index is 297. The summed E-state index contributed by atoms with van der Waals surface area (Å²) in [6.07, 6.45) is 0.747. The summed E-state index contributed by atoms with van der Waals surface area (Å²) < 4.78 is 0. The summed E-state index contributed by atoms with van der Waals surface area (Å²) in [7, 11) is 1.72. The van der Waals surface area contributed by atoms with Gasteiger partial charge in [-0.2, -0.15) is 0 Å². The molecule has 0 fully saturated rings. The molecule has 1 atom stereocenters. The van der Waals surface area contributed by atoms with E-state index in [1.165, 1.54) is 4.90 Å². The molecule has 5 heteroatoms. The highest BCUT2D eigenvalue weighted by Gasteiger charge is 2.29. The second-order valence-electron chi connectivity index (χ2n) is 5.75. The molecule has 0 saturated carbocycles. The molecule has 1 N–H and O–H groups in total. The van der Waals surface area contributed by atoms with Crippen molar-refractivity contribution in [3.05, 3.63) is 0 Å². The van der Waals surface area contributed by atoms with Crippen molar-refractivity contribution in [3.8, 4) is 0 Å². The predicted molar refractivity (Wildman–Crippen MR) is 71.6 cm³/mol. The maximum absolute atomic E-state index is 12.2. The van der Waals surface area contributed by atoms with E-state index in [4.69, 9.17) is 5.11 Å². The van der Waals surface area contributed by atoms with Gasteiger partial charge in [-0.1, -0.05) is 27.7 Å². The first-order valence-corrected chi connectivity index (χ1v) is 6.34. The molecule has 0 aromatic rings. The van der Waals surface area contributed by atoms with Gasteiger partial charge in [0.15, 0.2) is 0 Å². The van der Waals surface area contributed by atoms with Gasteiger partial charge in [0, 0.05) is 19.6 Å². The molecule has 1 unspecified atom stereocenters. The summed E-state index contributed by atoms with van der Waals surface area (Å²) in [5, 5.41) is 8.83. The maximum Gasteiger partial charge on any atom is 0.323 e. The first-order valence-electron chi connectivity index (χ1n) is 6.34. The Balaban J connectivity index is 4.80. The van der Waals surface area contributed by atoms with Crippen molar-refractivity contribution in [1.29, 1.82) is 0 Å². The first kappa shape index (κ1) is 16.7. The van der Waals surface area contributed by atoms with Crippen LogP contribution in [0, 0.1) is 5.41 Å². The summed E-state index contributed by atoms with van der Waals surface area (Å²) in [4.78, 5) is 26.0. The fraction of sp³-hybridized carbons (Fsp3) is 0.846. The highest BCUT2D eigenvalue weighted by Crippen LogP contribution is 2.23. The van der Waals surface area contributed by atoms with Gasteiger partial charge in [0.05, 0.1) is 0 Å². The predicted octanol–water partition coefficient (Wildman–Crippen LogP) is 2.27. The van der Waals surface area contributed by atoms with Crippen LogP contribution in [0.5, 0.6) is 0 Å². The van der Waals surface area contributed by atoms with Crippen LogP contribution < -0.4 is 0 Å². The minimum absolute atomic E-state index is 0.0362. The van der Waals surface area contributed by atoms with Crippen molar-refractivity contribution >= 4 is 12.0 Å². The summed E-state index contributed by atoms with van der Waals surface area (Å²) in [5.41, 5.74) is -0.0362. The Morgan fingerprint density at radius 3 is 2.11 bits per heavy atom. The smallest absolute Gasteiger partial charge is 0.323 e. The van der Waals surface area contributed by atoms with E-state index >= 15 is 0 Å². The van der Waals surface area contributed by atoms with E-state index in [0.29, 0.717) is 6.54 Å². The van der Waals surface area contributed by atoms with Gasteiger partial charge in [0.2, 0.25) is 0 Å². The normalized spacial score (nSPS) is 13.0. The lowest BCUT2D eigenvalue weighted by atomic mass is 9.87. The van der Waals surface area contributed by atoms with Crippen molar-refractivity contribution in [2.45, 2.75) is 47.1 Å². The first-order chi connectivity index (χ1) is 8.11. The second kappa shape index (κ2) is 6.61. The van der Waals surface area contributed by atoms with Crippen molar-refractivity contribution in [2.24, 2.45) is 5.41 Å². The average Bonchev–Trinajstić information content (AvgIpc) is 2.23. The number of urea groups is 1. The second-order valence-corrected chi connectivity index (χ2v) is 5.75. The Hall–Kier alpha value is -1.26. The lowest BCUT2D eigenvalue weighted by Crippen LogP contribution is -2.50. The Morgan fingerprint density at radius 2 is 1.78 bits per heavy atom. The van der Waals surface area contributed by atoms with Crippen molar-refractivity contribution in [1.82, 2.24) is 9.80 Å². The third kappa shape index (κ3) is 4.94. The molecule has 5 nitrogen and oxygen atoms in total. The molecule has 0 aromatic heterocycles. The van der Waals surface area contributed by atoms with Crippen LogP contribution in [-0.4, -0.2) is 53.1 Å². The summed E-state index contributed by atoms with van der Waals surface area (Å²) in [5.74, 6) is -0.978. The number of amides is 2. The number of aliphatic carboxylic acids is 1. The molecular formula is C13H26N2O3. The largest absolute Gasteiger partial charge is 0.480 e. The third-order valence-electron chi connectivity index (χ3n) is 3.23. The van der Waals surface area contributed by atoms with Gasteiger partial charge in [-0.25, -0.2) is 4.79 Å². The van der Waals surface area contributed by atoms with Crippen LogP contribution in [0.4, 0.5) is 4.79 Å². The molecule has 0 radical (unpaired) electrons. The zero-order valence-electron chi connectivity index (χ0n) is 12.4. The van der Waals surface area contributed by atoms with Crippen LogP contribution in [0.15, 0.2) is 0 Å². The van der Waals surface area contributed by atoms with Crippen LogP contribution in [0.25, 0.3) is 0 Å². The van der Waals surface area contributed by atoms with Gasteiger partial charge in [0.1, 0.15) is 6.54 Å². The van der Waals surface area contributed by atoms with Crippen molar-refractivity contribution < 1.29 is 14.7 Å². The lowest BCUT2D eigenvalue weighted by Gasteiger charge is -2.37. The van der Waals surface area contributed by atoms with Crippen LogP contribution in [-0.2, 0) is 4.79 Å². The molecule has 0 aliphatic rings. The molecule has 106 valence electrons. The van der Waals surface area contributed by atoms with Crippen molar-refractivity contribution in [3.63, 3.8) is 0 Å². The maximum atomic E-state index is 12.2. The van der Waals surface area contributed by atoms with Crippen LogP contribution in [0.2, 0.25) is 0 Å². The molecule has 0 bridgehead atoms. The van der Waals surface area contributed by atoms with Crippen LogP contribution in [0.3, 0.4) is 0 Å². The van der Waals surface area contributed by atoms with Gasteiger partial charge >= 0.3 is 12.0 Å². The monoisotopic (exact) mass is 258 g/mol. The molecule has 2 amide bonds. The SMILES string of the molecule is CCCN(CC(=O)O)C(=O)N(C)C(C)C(C)(C)C. The van der Waals surface area contributed by atoms with E-state index in [2.05, 4.69) is 20.8 Å². The van der Waals surface area contributed by atoms with Gasteiger partial charge < -0.3 is 14.9 Å². The highest BCUT2D eigenvalue weighted by atomic mass is 16.4. The summed E-state index contributed by atoms with van der Waals surface area (Å²) in [6, 6.07) is -0.181. The number of rotatable bonds is 5. The van der Waals surface area contributed by atoms with E-state index in [1.54, 1.807) is 11.9 Å². The van der Waals surface area contributed by atoms with E-state index in [-0.39, 0.29) is 24.0 Å². The molecule has 0 aromatic carbocycles. The fourth-order valence-electron chi connectivity index (χ4n) is 1.65. The molecule has 0 rings (SSSR count). The van der Waals surface area contributed by atoms with Crippen molar-refractivity contribution in [2.75, 3.05) is 20.1 Å². The number of hydrogen-bond acceptors (Lipinski definition) is 2. The topological polar surface area (TPSA) is 60.9 Å². The van der Waals surface area contributed by atoms with E-state index < -0.39 is 5.97 Å². The minimum atomic E-state index is -0.978. The quantitative estimate of drug-likeness (QED) is 0.823. The van der Waals surface area contributed by atoms with Gasteiger partial charge in [-0.3, -0.25) is 4.79 Å². The standard InChI is InChI=1S/C13H26N2O3/c1-7-8-15(9-11(16)17)12(18)14(6)10(2)13(3,4)5/h10H,7-9H2,1-6H3,(H,16,17). The molecular weight excluding hydrogens is 232 g/mol. The van der Waals surface area contributed by atoms with Gasteiger partial charge in [-0.05, 0) is 18.8 Å². The van der Waals surface area contributed by atoms with Gasteiger partial charge in [-0.15, -0.1) is 0 Å². The molecule has 18 heavy (non-hydrogen) atoms. The lowest BCUT2D eigenvalue weighted by molar-refractivity contribution is -0.137. The van der Waals surface area contributed by atoms with E-state index in [9.17, 15) is 9.59 Å². The minimum Gasteiger partial charge on any atom is -0.480 e. The van der Waals surface area contributed by atoms with E-state index in [0.717, 1.165) is 6.42 Å². The average molecular weight is 258 g/mol. The number of nitrogens with zero attached hydrogens (tertiary/aromatic N) is 2. The Morgan fingerprint density at radius 1 is 1.28 bits per heavy atom. The summed E-state index contributed by atoms with van der Waals surface area (Å²) in [6.45, 7) is 10.3. The number of carbonyl (C=O) groups is 2. The molecule has 0 heterocycles. The highest BCUT2D eigenvalue weighted by molar-refractivity contribution is 5.80. The van der Waals surface area contributed by atoms with E-state index in [1.807, 2.05) is 13.8 Å². The fourth-order valence-corrected chi connectivity index (χ4v) is 1.65. The van der Waals surface area contributed by atoms with Crippen LogP contribution >= 0.6 is 0 Å². The number of hydrogen-bond donors (Lipinski definition) is 1. The van der Waals surface area contributed by atoms with Crippen LogP contribution in [0.1, 0.15) is 41.0 Å². The molecule has 0 aliphatic carbocycles. The Kier molecular flexibility index (Phi) is 6.15.